The molecule has 0 N–H and O–H groups in total. The van der Waals surface area contributed by atoms with Crippen LogP contribution in [0, 0.1) is 0 Å². The van der Waals surface area contributed by atoms with Gasteiger partial charge in [0.25, 0.3) is 0 Å². The first kappa shape index (κ1) is 7.09. The molecule has 1 aliphatic heterocycles. The van der Waals surface area contributed by atoms with Gasteiger partial charge in [-0.25, -0.2) is 0 Å². The zero-order valence-corrected chi connectivity index (χ0v) is 6.40. The zero-order chi connectivity index (χ0) is 6.85. The van der Waals surface area contributed by atoms with E-state index in [1.54, 1.807) is 0 Å². The smallest absolute Gasteiger partial charge is 0.203 e. The van der Waals surface area contributed by atoms with E-state index < -0.39 is 0 Å². The molecule has 1 atom stereocenters. The van der Waals surface area contributed by atoms with Gasteiger partial charge in [-0.1, -0.05) is 0 Å². The van der Waals surface area contributed by atoms with Crippen LogP contribution in [-0.2, 0) is 4.79 Å². The van der Waals surface area contributed by atoms with Crippen LogP contribution in [0.4, 0.5) is 0 Å². The van der Waals surface area contributed by atoms with Crippen molar-refractivity contribution in [3.05, 3.63) is 0 Å². The van der Waals surface area contributed by atoms with Gasteiger partial charge in [-0.15, -0.1) is 12.6 Å². The highest BCUT2D eigenvalue weighted by atomic mass is 32.1. The van der Waals surface area contributed by atoms with Gasteiger partial charge in [0.05, 0.1) is 6.04 Å². The number of likely N-dealkylation sites (tertiary alicyclic amines) is 1. The summed E-state index contributed by atoms with van der Waals surface area (Å²) in [6.07, 6.45) is 2.12. The largest absolute Gasteiger partial charge is 0.296 e. The van der Waals surface area contributed by atoms with Gasteiger partial charge < -0.3 is 0 Å². The highest BCUT2D eigenvalue weighted by molar-refractivity contribution is 7.96. The Kier molecular flexibility index (Phi) is 2.13. The zero-order valence-electron chi connectivity index (χ0n) is 5.50. The number of carbonyl (C=O) groups excluding carboxylic acids is 1. The van der Waals surface area contributed by atoms with Crippen LogP contribution in [0.2, 0.25) is 0 Å². The summed E-state index contributed by atoms with van der Waals surface area (Å²) in [6, 6.07) is 0.0910. The Bertz CT molecular complexity index is 126. The number of thiol groups is 1. The van der Waals surface area contributed by atoms with E-state index in [-0.39, 0.29) is 11.2 Å². The average molecular weight is 145 g/mol. The number of nitrogens with zero attached hydrogens (tertiary/aromatic N) is 1. The lowest BCUT2D eigenvalue weighted by atomic mass is 10.2. The summed E-state index contributed by atoms with van der Waals surface area (Å²) in [5.74, 6) is 0. The fourth-order valence-corrected chi connectivity index (χ4v) is 1.55. The molecule has 1 fully saturated rings. The van der Waals surface area contributed by atoms with Crippen molar-refractivity contribution in [1.29, 1.82) is 0 Å². The van der Waals surface area contributed by atoms with Crippen molar-refractivity contribution in [3.63, 3.8) is 0 Å². The van der Waals surface area contributed by atoms with E-state index in [4.69, 9.17) is 0 Å². The molecule has 0 aromatic rings. The van der Waals surface area contributed by atoms with Crippen LogP contribution >= 0.6 is 12.6 Å². The summed E-state index contributed by atoms with van der Waals surface area (Å²) in [6.45, 7) is 1.04. The van der Waals surface area contributed by atoms with Crippen molar-refractivity contribution in [2.24, 2.45) is 0 Å². The third kappa shape index (κ3) is 1.46. The van der Waals surface area contributed by atoms with E-state index in [1.165, 1.54) is 0 Å². The Hall–Kier alpha value is -0.0200. The number of hydrogen-bond acceptors (Lipinski definition) is 2. The minimum absolute atomic E-state index is 0.00926. The van der Waals surface area contributed by atoms with Crippen LogP contribution in [0.25, 0.3) is 0 Å². The van der Waals surface area contributed by atoms with E-state index in [2.05, 4.69) is 17.5 Å². The third-order valence-corrected chi connectivity index (χ3v) is 2.10. The second-order valence-corrected chi connectivity index (χ2v) is 2.92. The fourth-order valence-electron chi connectivity index (χ4n) is 1.22. The second-order valence-electron chi connectivity index (χ2n) is 2.48. The van der Waals surface area contributed by atoms with E-state index in [9.17, 15) is 4.79 Å². The van der Waals surface area contributed by atoms with Crippen LogP contribution in [-0.4, -0.2) is 29.6 Å². The van der Waals surface area contributed by atoms with Crippen LogP contribution in [0.15, 0.2) is 0 Å². The normalized spacial score (nSPS) is 28.9. The molecule has 0 aromatic carbocycles. The van der Waals surface area contributed by atoms with Crippen molar-refractivity contribution in [3.8, 4) is 0 Å². The van der Waals surface area contributed by atoms with E-state index in [1.807, 2.05) is 7.05 Å². The Morgan fingerprint density at radius 3 is 2.67 bits per heavy atom. The van der Waals surface area contributed by atoms with Gasteiger partial charge >= 0.3 is 0 Å². The van der Waals surface area contributed by atoms with Crippen molar-refractivity contribution in [2.45, 2.75) is 18.9 Å². The molecule has 3 heteroatoms. The maximum absolute atomic E-state index is 10.7. The Labute approximate surface area is 60.6 Å². The number of rotatable bonds is 1. The van der Waals surface area contributed by atoms with Gasteiger partial charge in [-0.3, -0.25) is 9.69 Å². The van der Waals surface area contributed by atoms with Gasteiger partial charge in [0, 0.05) is 0 Å². The van der Waals surface area contributed by atoms with Crippen molar-refractivity contribution in [1.82, 2.24) is 4.90 Å². The van der Waals surface area contributed by atoms with E-state index in [0.717, 1.165) is 19.4 Å². The molecule has 0 amide bonds. The predicted octanol–water partition coefficient (Wildman–Crippen LogP) is 0.537. The summed E-state index contributed by atoms with van der Waals surface area (Å²) in [5, 5.41) is 0.00926. The molecule has 1 rings (SSSR count). The lowest BCUT2D eigenvalue weighted by Crippen LogP contribution is -2.29. The highest BCUT2D eigenvalue weighted by Crippen LogP contribution is 2.16. The van der Waals surface area contributed by atoms with Gasteiger partial charge in [-0.05, 0) is 26.4 Å². The van der Waals surface area contributed by atoms with E-state index in [0.29, 0.717) is 0 Å². The third-order valence-electron chi connectivity index (χ3n) is 1.81. The van der Waals surface area contributed by atoms with Gasteiger partial charge in [0.2, 0.25) is 5.12 Å². The van der Waals surface area contributed by atoms with Crippen LogP contribution in [0.5, 0.6) is 0 Å². The van der Waals surface area contributed by atoms with Crippen LogP contribution in [0.3, 0.4) is 0 Å². The maximum atomic E-state index is 10.7. The standard InChI is InChI=1S/C6H11NOS/c1-7-4-2-3-5(7)6(8)9/h5H,2-4H2,1H3,(H,8,9)/t5-/m1/s1. The Balaban J connectivity index is 2.49. The van der Waals surface area contributed by atoms with Gasteiger partial charge in [-0.2, -0.15) is 0 Å². The first-order valence-electron chi connectivity index (χ1n) is 3.15. The summed E-state index contributed by atoms with van der Waals surface area (Å²) in [4.78, 5) is 12.7. The summed E-state index contributed by atoms with van der Waals surface area (Å²) >= 11 is 3.77. The van der Waals surface area contributed by atoms with Crippen molar-refractivity contribution < 1.29 is 4.79 Å². The van der Waals surface area contributed by atoms with Crippen molar-refractivity contribution >= 4 is 17.7 Å². The maximum Gasteiger partial charge on any atom is 0.203 e. The predicted molar refractivity (Wildman–Crippen MR) is 39.6 cm³/mol. The summed E-state index contributed by atoms with van der Waals surface area (Å²) < 4.78 is 0. The van der Waals surface area contributed by atoms with Gasteiger partial charge in [0.15, 0.2) is 0 Å². The minimum Gasteiger partial charge on any atom is -0.296 e. The summed E-state index contributed by atoms with van der Waals surface area (Å²) in [7, 11) is 1.96. The molecule has 9 heavy (non-hydrogen) atoms. The number of hydrogen-bond donors (Lipinski definition) is 1. The molecular formula is C6H11NOS. The molecule has 0 saturated carbocycles. The Morgan fingerprint density at radius 1 is 1.78 bits per heavy atom. The SMILES string of the molecule is CN1CCC[C@@H]1C(=O)S. The molecule has 2 nitrogen and oxygen atoms in total. The molecule has 0 unspecified atom stereocenters. The molecule has 0 radical (unpaired) electrons. The lowest BCUT2D eigenvalue weighted by molar-refractivity contribution is -0.114. The molecule has 1 aliphatic rings. The molecule has 1 heterocycles. The molecule has 0 bridgehead atoms. The monoisotopic (exact) mass is 145 g/mol. The summed E-state index contributed by atoms with van der Waals surface area (Å²) in [5.41, 5.74) is 0. The van der Waals surface area contributed by atoms with Gasteiger partial charge in [0.1, 0.15) is 0 Å². The molecule has 0 aliphatic carbocycles. The molecule has 52 valence electrons. The second kappa shape index (κ2) is 2.71. The number of likely N-dealkylation sites (N-methyl/N-ethyl adjacent to an activating group) is 1. The van der Waals surface area contributed by atoms with E-state index >= 15 is 0 Å². The Morgan fingerprint density at radius 2 is 2.44 bits per heavy atom. The van der Waals surface area contributed by atoms with Crippen LogP contribution in [0.1, 0.15) is 12.8 Å². The first-order valence-corrected chi connectivity index (χ1v) is 3.59. The lowest BCUT2D eigenvalue weighted by Gasteiger charge is -2.14. The van der Waals surface area contributed by atoms with Crippen LogP contribution < -0.4 is 0 Å². The average Bonchev–Trinajstić information content (AvgIpc) is 2.13. The topological polar surface area (TPSA) is 20.3 Å². The molecule has 0 spiro atoms. The molecule has 1 saturated heterocycles. The fraction of sp³-hybridized carbons (Fsp3) is 0.833. The molecule has 0 aromatic heterocycles. The highest BCUT2D eigenvalue weighted by Gasteiger charge is 2.24. The molecular weight excluding hydrogens is 134 g/mol. The number of carbonyl (C=O) groups is 1. The van der Waals surface area contributed by atoms with Crippen molar-refractivity contribution in [2.75, 3.05) is 13.6 Å². The first-order chi connectivity index (χ1) is 4.22. The quantitative estimate of drug-likeness (QED) is 0.543. The minimum atomic E-state index is 0.00926.